The van der Waals surface area contributed by atoms with Gasteiger partial charge in [0.2, 0.25) is 45.4 Å². The van der Waals surface area contributed by atoms with Crippen LogP contribution in [0.3, 0.4) is 0 Å². The van der Waals surface area contributed by atoms with E-state index >= 15 is 0 Å². The van der Waals surface area contributed by atoms with E-state index in [4.69, 9.17) is 11.6 Å². The molecule has 1 unspecified atom stereocenters. The van der Waals surface area contributed by atoms with Gasteiger partial charge in [-0.1, -0.05) is 16.9 Å². The molecule has 1 nitrogen and oxygen atoms in total. The molecule has 0 spiro atoms. The zero-order chi connectivity index (χ0) is 12.5. The number of ether oxygens (including phenoxy) is 1. The third-order valence-corrected chi connectivity index (χ3v) is 3.39. The van der Waals surface area contributed by atoms with Crippen LogP contribution in [0.1, 0.15) is 0 Å². The Bertz CT molecular complexity index is 385. The summed E-state index contributed by atoms with van der Waals surface area (Å²) in [6.07, 6.45) is 0. The van der Waals surface area contributed by atoms with Gasteiger partial charge >= 0.3 is 0 Å². The maximum absolute atomic E-state index is 13.0. The lowest BCUT2D eigenvalue weighted by Gasteiger charge is -2.13. The van der Waals surface area contributed by atoms with E-state index in [0.717, 1.165) is 0 Å². The molecule has 0 heterocycles. The predicted octanol–water partition coefficient (Wildman–Crippen LogP) is 2.38. The Kier molecular flexibility index (Phi) is 4.42. The van der Waals surface area contributed by atoms with Crippen LogP contribution in [0.5, 0.6) is 5.75 Å². The van der Waals surface area contributed by atoms with Gasteiger partial charge in [0, 0.05) is 0 Å². The van der Waals surface area contributed by atoms with Crippen molar-refractivity contribution in [3.63, 3.8) is 0 Å². The first-order valence-electron chi connectivity index (χ1n) is 4.22. The summed E-state index contributed by atoms with van der Waals surface area (Å²) >= 11 is 5.99. The van der Waals surface area contributed by atoms with Gasteiger partial charge in [0.15, 0.2) is 11.3 Å². The van der Waals surface area contributed by atoms with Crippen LogP contribution in [0.2, 0.25) is 5.28 Å². The fraction of sp³-hybridized carbons (Fsp3) is 0.250. The molecule has 1 atom stereocenters. The van der Waals surface area contributed by atoms with Crippen molar-refractivity contribution in [2.45, 2.75) is 10.8 Å². The molecule has 8 heteroatoms. The highest BCUT2D eigenvalue weighted by Gasteiger charge is 2.27. The molecule has 1 rings (SSSR count). The molecule has 0 aliphatic heterocycles. The van der Waals surface area contributed by atoms with Crippen molar-refractivity contribution in [1.29, 1.82) is 0 Å². The van der Waals surface area contributed by atoms with Gasteiger partial charge in [-0.3, -0.25) is 0 Å². The fourth-order valence-corrected chi connectivity index (χ4v) is 1.16. The topological polar surface area (TPSA) is 9.23 Å². The molecule has 0 aromatic heterocycles. The van der Waals surface area contributed by atoms with E-state index in [1.54, 1.807) is 0 Å². The summed E-state index contributed by atoms with van der Waals surface area (Å²) in [4.78, 5) is 0. The van der Waals surface area contributed by atoms with Crippen LogP contribution in [-0.4, -0.2) is 21.9 Å². The Hall–Kier alpha value is -0.508. The third-order valence-electron chi connectivity index (χ3n) is 1.74. The summed E-state index contributed by atoms with van der Waals surface area (Å²) in [5.41, 5.74) is -1.11. The molecule has 1 aromatic carbocycles. The van der Waals surface area contributed by atoms with Crippen molar-refractivity contribution >= 4 is 27.9 Å². The smallest absolute Gasteiger partial charge is 0.219 e. The summed E-state index contributed by atoms with van der Waals surface area (Å²) in [5, 5.41) is 0.279. The van der Waals surface area contributed by atoms with Gasteiger partial charge in [0.25, 0.3) is 0 Å². The average Bonchev–Trinajstić information content (AvgIpc) is 2.29. The lowest BCUT2D eigenvalue weighted by atomic mass is 10.2. The molecule has 0 saturated heterocycles. The Morgan fingerprint density at radius 3 is 1.69 bits per heavy atom. The summed E-state index contributed by atoms with van der Waals surface area (Å²) in [6.45, 7) is 0. The molecule has 88 valence electrons. The van der Waals surface area contributed by atoms with Gasteiger partial charge in [0.05, 0.1) is 0 Å². The van der Waals surface area contributed by atoms with Crippen LogP contribution in [0.15, 0.2) is 0 Å². The van der Waals surface area contributed by atoms with E-state index in [1.807, 2.05) is 0 Å². The molecule has 0 bridgehead atoms. The molecule has 0 fully saturated rings. The lowest BCUT2D eigenvalue weighted by molar-refractivity contribution is 0.251. The van der Waals surface area contributed by atoms with E-state index in [9.17, 15) is 22.0 Å². The fourth-order valence-electron chi connectivity index (χ4n) is 0.899. The normalized spacial score (nSPS) is 12.6. The molecule has 16 heavy (non-hydrogen) atoms. The second-order valence-corrected chi connectivity index (χ2v) is 4.14. The molecule has 0 radical (unpaired) electrons. The zero-order valence-electron chi connectivity index (χ0n) is 7.96. The minimum absolute atomic E-state index is 0.279. The average molecular weight is 275 g/mol. The standard InChI is InChI=1S/C8H3ClF5O.Al.2H/c1-2(9)15-8-6(13)4(11)3(10)5(12)7(8)14;;;/h2H,1H2;;;. The van der Waals surface area contributed by atoms with Crippen molar-refractivity contribution < 1.29 is 26.7 Å². The molecule has 0 saturated carbocycles. The molecular formula is C8H5AlClF5O. The first kappa shape index (κ1) is 13.6. The monoisotopic (exact) mass is 274 g/mol. The number of hydrogen-bond acceptors (Lipinski definition) is 1. The van der Waals surface area contributed by atoms with E-state index in [1.165, 1.54) is 0 Å². The second kappa shape index (κ2) is 5.21. The molecule has 0 aliphatic rings. The van der Waals surface area contributed by atoms with Gasteiger partial charge in [0.1, 0.15) is 0 Å². The van der Waals surface area contributed by atoms with Gasteiger partial charge in [-0.05, 0) is 0 Å². The van der Waals surface area contributed by atoms with Gasteiger partial charge < -0.3 is 4.74 Å². The van der Waals surface area contributed by atoms with Crippen LogP contribution in [-0.2, 0) is 0 Å². The van der Waals surface area contributed by atoms with Crippen molar-refractivity contribution in [3.05, 3.63) is 29.1 Å². The largest absolute Gasteiger partial charge is 0.470 e. The zero-order valence-corrected chi connectivity index (χ0v) is 10.7. The predicted molar refractivity (Wildman–Crippen MR) is 49.9 cm³/mol. The molecule has 0 N–H and O–H groups in total. The first-order valence-corrected chi connectivity index (χ1v) is 6.07. The number of benzene rings is 1. The van der Waals surface area contributed by atoms with E-state index in [-0.39, 0.29) is 5.28 Å². The quantitative estimate of drug-likeness (QED) is 0.270. The SMILES string of the molecule is Fc1c(F)c(F)c(OC(Cl)[CH2][AlH2])c(F)c1F. The summed E-state index contributed by atoms with van der Waals surface area (Å²) in [6, 6.07) is 0. The Morgan fingerprint density at radius 2 is 1.31 bits per heavy atom. The number of rotatable bonds is 3. The minimum atomic E-state index is -2.22. The van der Waals surface area contributed by atoms with E-state index in [2.05, 4.69) is 4.74 Å². The highest BCUT2D eigenvalue weighted by Crippen LogP contribution is 2.30. The molecule has 0 amide bonds. The summed E-state index contributed by atoms with van der Waals surface area (Å²) in [7, 11) is 0. The summed E-state index contributed by atoms with van der Waals surface area (Å²) in [5.74, 6) is -11.7. The van der Waals surface area contributed by atoms with Crippen LogP contribution in [0, 0.1) is 29.1 Å². The highest BCUT2D eigenvalue weighted by molar-refractivity contribution is 6.24. The Morgan fingerprint density at radius 1 is 0.938 bits per heavy atom. The van der Waals surface area contributed by atoms with Gasteiger partial charge in [-0.15, -0.1) is 0 Å². The van der Waals surface area contributed by atoms with Crippen molar-refractivity contribution in [2.75, 3.05) is 0 Å². The second-order valence-electron chi connectivity index (χ2n) is 2.84. The van der Waals surface area contributed by atoms with Crippen LogP contribution in [0.25, 0.3) is 0 Å². The molecular weight excluding hydrogens is 270 g/mol. The van der Waals surface area contributed by atoms with Gasteiger partial charge in [-0.2, -0.15) is 8.78 Å². The molecule has 0 aliphatic carbocycles. The van der Waals surface area contributed by atoms with Crippen molar-refractivity contribution in [3.8, 4) is 5.75 Å². The maximum atomic E-state index is 13.0. The summed E-state index contributed by atoms with van der Waals surface area (Å²) < 4.78 is 68.4. The first-order chi connectivity index (χ1) is 7.40. The number of halogens is 6. The number of alkyl halides is 1. The molecule has 1 aromatic rings. The van der Waals surface area contributed by atoms with E-state index in [0.29, 0.717) is 16.3 Å². The van der Waals surface area contributed by atoms with Crippen LogP contribution >= 0.6 is 11.6 Å². The van der Waals surface area contributed by atoms with E-state index < -0.39 is 40.4 Å². The third kappa shape index (κ3) is 2.42. The van der Waals surface area contributed by atoms with Gasteiger partial charge in [-0.25, -0.2) is 13.2 Å². The Balaban J connectivity index is 3.28. The van der Waals surface area contributed by atoms with Crippen LogP contribution in [0.4, 0.5) is 22.0 Å². The maximum Gasteiger partial charge on any atom is 0.219 e. The van der Waals surface area contributed by atoms with Crippen molar-refractivity contribution in [1.82, 2.24) is 0 Å². The number of hydrogen-bond donors (Lipinski definition) is 0. The van der Waals surface area contributed by atoms with Crippen molar-refractivity contribution in [2.24, 2.45) is 0 Å². The lowest BCUT2D eigenvalue weighted by Crippen LogP contribution is -2.13. The Labute approximate surface area is 101 Å². The highest BCUT2D eigenvalue weighted by atomic mass is 35.5. The minimum Gasteiger partial charge on any atom is -0.470 e. The van der Waals surface area contributed by atoms with Crippen LogP contribution < -0.4 is 4.74 Å².